The highest BCUT2D eigenvalue weighted by atomic mass is 16.6. The molecular formula is C22H24N2O5. The molecular weight excluding hydrogens is 372 g/mol. The van der Waals surface area contributed by atoms with Crippen LogP contribution in [0.5, 0.6) is 11.5 Å². The summed E-state index contributed by atoms with van der Waals surface area (Å²) in [6.45, 7) is 1.95. The lowest BCUT2D eigenvalue weighted by atomic mass is 10.0. The zero-order valence-corrected chi connectivity index (χ0v) is 16.7. The standard InChI is InChI=1S/C22H24N2O5/c1-4-5-22(25)23-18-10-7-16(8-11-18)6-9-17-14-19(28-2)15-21(29-3)20(17)12-13-24(26)27/h6-15H,4-5H2,1-3H3,(H,23,25)/b9-6+,13-12+. The number of hydrogen-bond donors (Lipinski definition) is 1. The number of carbonyl (C=O) groups excluding carboxylic acids is 1. The summed E-state index contributed by atoms with van der Waals surface area (Å²) < 4.78 is 10.6. The maximum Gasteiger partial charge on any atom is 0.235 e. The van der Waals surface area contributed by atoms with E-state index in [1.165, 1.54) is 13.2 Å². The minimum atomic E-state index is -0.525. The molecule has 0 unspecified atom stereocenters. The van der Waals surface area contributed by atoms with Gasteiger partial charge >= 0.3 is 0 Å². The normalized spacial score (nSPS) is 11.0. The van der Waals surface area contributed by atoms with E-state index in [4.69, 9.17) is 9.47 Å². The van der Waals surface area contributed by atoms with Crippen LogP contribution in [-0.4, -0.2) is 25.1 Å². The van der Waals surface area contributed by atoms with E-state index in [2.05, 4.69) is 5.32 Å². The molecule has 1 N–H and O–H groups in total. The Balaban J connectivity index is 2.30. The molecule has 0 aromatic heterocycles. The highest BCUT2D eigenvalue weighted by Crippen LogP contribution is 2.31. The fourth-order valence-corrected chi connectivity index (χ4v) is 2.67. The van der Waals surface area contributed by atoms with Crippen molar-refractivity contribution in [2.24, 2.45) is 0 Å². The molecule has 0 aliphatic heterocycles. The lowest BCUT2D eigenvalue weighted by Gasteiger charge is -2.11. The summed E-state index contributed by atoms with van der Waals surface area (Å²) in [5, 5.41) is 13.6. The fourth-order valence-electron chi connectivity index (χ4n) is 2.67. The molecule has 0 spiro atoms. The van der Waals surface area contributed by atoms with Gasteiger partial charge in [0.1, 0.15) is 11.5 Å². The van der Waals surface area contributed by atoms with Gasteiger partial charge in [0.05, 0.1) is 19.1 Å². The Morgan fingerprint density at radius 1 is 1.10 bits per heavy atom. The molecule has 0 aliphatic carbocycles. The van der Waals surface area contributed by atoms with Gasteiger partial charge in [-0.3, -0.25) is 14.9 Å². The summed E-state index contributed by atoms with van der Waals surface area (Å²) in [5.41, 5.74) is 2.92. The molecule has 1 amide bonds. The minimum absolute atomic E-state index is 0.0125. The van der Waals surface area contributed by atoms with Crippen molar-refractivity contribution in [3.05, 3.63) is 69.4 Å². The molecule has 152 valence electrons. The average Bonchev–Trinajstić information content (AvgIpc) is 2.71. The quantitative estimate of drug-likeness (QED) is 0.371. The second-order valence-electron chi connectivity index (χ2n) is 6.19. The molecule has 7 heteroatoms. The molecule has 0 fully saturated rings. The van der Waals surface area contributed by atoms with Crippen LogP contribution in [0.3, 0.4) is 0 Å². The molecule has 0 aliphatic rings. The van der Waals surface area contributed by atoms with E-state index in [1.807, 2.05) is 43.3 Å². The Morgan fingerprint density at radius 3 is 2.41 bits per heavy atom. The van der Waals surface area contributed by atoms with Gasteiger partial charge in [0, 0.05) is 29.8 Å². The first-order chi connectivity index (χ1) is 14.0. The van der Waals surface area contributed by atoms with Crippen LogP contribution >= 0.6 is 0 Å². The summed E-state index contributed by atoms with van der Waals surface area (Å²) >= 11 is 0. The van der Waals surface area contributed by atoms with Crippen molar-refractivity contribution in [1.29, 1.82) is 0 Å². The number of nitrogens with one attached hydrogen (secondary N) is 1. The molecule has 7 nitrogen and oxygen atoms in total. The predicted molar refractivity (Wildman–Crippen MR) is 114 cm³/mol. The molecule has 29 heavy (non-hydrogen) atoms. The van der Waals surface area contributed by atoms with Gasteiger partial charge < -0.3 is 14.8 Å². The van der Waals surface area contributed by atoms with Crippen molar-refractivity contribution in [3.8, 4) is 11.5 Å². The maximum atomic E-state index is 11.7. The monoisotopic (exact) mass is 396 g/mol. The van der Waals surface area contributed by atoms with E-state index < -0.39 is 4.92 Å². The predicted octanol–water partition coefficient (Wildman–Crippen LogP) is 4.86. The van der Waals surface area contributed by atoms with Crippen molar-refractivity contribution in [1.82, 2.24) is 0 Å². The second-order valence-corrected chi connectivity index (χ2v) is 6.19. The van der Waals surface area contributed by atoms with Gasteiger partial charge in [-0.2, -0.15) is 0 Å². The van der Waals surface area contributed by atoms with Crippen LogP contribution in [0.1, 0.15) is 36.5 Å². The molecule has 2 rings (SSSR count). The lowest BCUT2D eigenvalue weighted by molar-refractivity contribution is -0.400. The van der Waals surface area contributed by atoms with Crippen molar-refractivity contribution < 1.29 is 19.2 Å². The largest absolute Gasteiger partial charge is 0.497 e. The highest BCUT2D eigenvalue weighted by molar-refractivity contribution is 5.90. The van der Waals surface area contributed by atoms with Gasteiger partial charge in [-0.1, -0.05) is 31.2 Å². The SMILES string of the molecule is CCCC(=O)Nc1ccc(/C=C/c2cc(OC)cc(OC)c2/C=C/[N+](=O)[O-])cc1. The second kappa shape index (κ2) is 10.7. The topological polar surface area (TPSA) is 90.7 Å². The third kappa shape index (κ3) is 6.49. The number of nitrogens with zero attached hydrogens (tertiary/aromatic N) is 1. The first-order valence-corrected chi connectivity index (χ1v) is 9.12. The molecule has 0 saturated heterocycles. The zero-order valence-electron chi connectivity index (χ0n) is 16.7. The third-order valence-corrected chi connectivity index (χ3v) is 4.09. The number of carbonyl (C=O) groups is 1. The van der Waals surface area contributed by atoms with E-state index in [0.717, 1.165) is 23.9 Å². The Bertz CT molecular complexity index is 918. The Hall–Kier alpha value is -3.61. The van der Waals surface area contributed by atoms with Crippen molar-refractivity contribution >= 4 is 29.8 Å². The van der Waals surface area contributed by atoms with Gasteiger partial charge in [0.15, 0.2) is 0 Å². The van der Waals surface area contributed by atoms with Gasteiger partial charge in [0.2, 0.25) is 12.1 Å². The number of benzene rings is 2. The maximum absolute atomic E-state index is 11.7. The summed E-state index contributed by atoms with van der Waals surface area (Å²) in [6, 6.07) is 10.9. The first kappa shape index (κ1) is 21.7. The van der Waals surface area contributed by atoms with Gasteiger partial charge in [-0.25, -0.2) is 0 Å². The van der Waals surface area contributed by atoms with Crippen LogP contribution in [0.25, 0.3) is 18.2 Å². The summed E-state index contributed by atoms with van der Waals surface area (Å²) in [6.07, 6.45) is 7.24. The average molecular weight is 396 g/mol. The Labute approximate surface area is 169 Å². The Morgan fingerprint density at radius 2 is 1.83 bits per heavy atom. The summed E-state index contributed by atoms with van der Waals surface area (Å²) in [7, 11) is 3.04. The fraction of sp³-hybridized carbons (Fsp3) is 0.227. The molecule has 0 saturated carbocycles. The van der Waals surface area contributed by atoms with E-state index in [9.17, 15) is 14.9 Å². The van der Waals surface area contributed by atoms with Crippen LogP contribution in [0.2, 0.25) is 0 Å². The highest BCUT2D eigenvalue weighted by Gasteiger charge is 2.10. The number of anilines is 1. The van der Waals surface area contributed by atoms with Crippen molar-refractivity contribution in [2.45, 2.75) is 19.8 Å². The van der Waals surface area contributed by atoms with E-state index in [1.54, 1.807) is 19.2 Å². The summed E-state index contributed by atoms with van der Waals surface area (Å²) in [4.78, 5) is 21.9. The molecule has 0 radical (unpaired) electrons. The molecule has 0 heterocycles. The smallest absolute Gasteiger partial charge is 0.235 e. The van der Waals surface area contributed by atoms with Crippen LogP contribution in [0.15, 0.2) is 42.6 Å². The van der Waals surface area contributed by atoms with Gasteiger partial charge in [-0.15, -0.1) is 0 Å². The Kier molecular flexibility index (Phi) is 7.97. The molecule has 2 aromatic carbocycles. The zero-order chi connectivity index (χ0) is 21.2. The van der Waals surface area contributed by atoms with Crippen LogP contribution in [-0.2, 0) is 4.79 Å². The molecule has 0 atom stereocenters. The van der Waals surface area contributed by atoms with Crippen LogP contribution in [0.4, 0.5) is 5.69 Å². The number of hydrogen-bond acceptors (Lipinski definition) is 5. The van der Waals surface area contributed by atoms with E-state index in [0.29, 0.717) is 29.0 Å². The number of ether oxygens (including phenoxy) is 2. The third-order valence-electron chi connectivity index (χ3n) is 4.09. The molecule has 0 bridgehead atoms. The van der Waals surface area contributed by atoms with E-state index >= 15 is 0 Å². The number of methoxy groups -OCH3 is 2. The number of nitro groups is 1. The van der Waals surface area contributed by atoms with Crippen molar-refractivity contribution in [2.75, 3.05) is 19.5 Å². The summed E-state index contributed by atoms with van der Waals surface area (Å²) in [5.74, 6) is 1.03. The van der Waals surface area contributed by atoms with Crippen LogP contribution < -0.4 is 14.8 Å². The number of amides is 1. The number of rotatable bonds is 9. The first-order valence-electron chi connectivity index (χ1n) is 9.12. The van der Waals surface area contributed by atoms with Crippen LogP contribution in [0, 0.1) is 10.1 Å². The molecule has 2 aromatic rings. The van der Waals surface area contributed by atoms with Crippen molar-refractivity contribution in [3.63, 3.8) is 0 Å². The minimum Gasteiger partial charge on any atom is -0.497 e. The lowest BCUT2D eigenvalue weighted by Crippen LogP contribution is -2.10. The van der Waals surface area contributed by atoms with E-state index in [-0.39, 0.29) is 5.91 Å². The van der Waals surface area contributed by atoms with Gasteiger partial charge in [0.25, 0.3) is 0 Å². The van der Waals surface area contributed by atoms with Gasteiger partial charge in [-0.05, 0) is 35.7 Å².